The van der Waals surface area contributed by atoms with Crippen molar-refractivity contribution < 1.29 is 0 Å². The molecule has 1 aliphatic rings. The second-order valence-electron chi connectivity index (χ2n) is 6.72. The number of nitrogens with one attached hydrogen (secondary N) is 2. The van der Waals surface area contributed by atoms with E-state index in [1.165, 1.54) is 5.56 Å². The van der Waals surface area contributed by atoms with Gasteiger partial charge in [-0.2, -0.15) is 16.4 Å². The van der Waals surface area contributed by atoms with E-state index < -0.39 is 0 Å². The van der Waals surface area contributed by atoms with Crippen molar-refractivity contribution in [2.75, 3.05) is 20.1 Å². The number of hydrogen-bond donors (Lipinski definition) is 2. The number of nitrogens with zero attached hydrogens (tertiary/aromatic N) is 4. The lowest BCUT2D eigenvalue weighted by atomic mass is 10.1. The smallest absolute Gasteiger partial charge is 0.345 e. The van der Waals surface area contributed by atoms with E-state index in [1.807, 2.05) is 4.57 Å². The van der Waals surface area contributed by atoms with E-state index in [-0.39, 0.29) is 5.69 Å². The molecule has 3 heterocycles. The van der Waals surface area contributed by atoms with Crippen molar-refractivity contribution in [3.05, 3.63) is 38.7 Å². The summed E-state index contributed by atoms with van der Waals surface area (Å²) in [4.78, 5) is 16.6. The highest BCUT2D eigenvalue weighted by Gasteiger charge is 2.16. The first-order valence-corrected chi connectivity index (χ1v) is 10.3. The van der Waals surface area contributed by atoms with Crippen LogP contribution in [0.15, 0.2) is 26.6 Å². The fourth-order valence-electron chi connectivity index (χ4n) is 3.17. The predicted octanol–water partition coefficient (Wildman–Crippen LogP) is 1.80. The fourth-order valence-corrected chi connectivity index (χ4v) is 3.96. The van der Waals surface area contributed by atoms with Crippen molar-refractivity contribution >= 4 is 17.3 Å². The lowest BCUT2D eigenvalue weighted by molar-refractivity contribution is 0.509. The predicted molar refractivity (Wildman–Crippen MR) is 106 cm³/mol. The van der Waals surface area contributed by atoms with Gasteiger partial charge in [-0.05, 0) is 47.6 Å². The summed E-state index contributed by atoms with van der Waals surface area (Å²) in [5.74, 6) is 2.17. The van der Waals surface area contributed by atoms with Crippen LogP contribution >= 0.6 is 11.3 Å². The molecule has 0 radical (unpaired) electrons. The van der Waals surface area contributed by atoms with E-state index in [1.54, 1.807) is 23.1 Å². The van der Waals surface area contributed by atoms with Crippen molar-refractivity contribution in [2.24, 2.45) is 4.99 Å². The van der Waals surface area contributed by atoms with Gasteiger partial charge in [0.25, 0.3) is 0 Å². The van der Waals surface area contributed by atoms with Crippen molar-refractivity contribution in [3.8, 4) is 0 Å². The minimum absolute atomic E-state index is 0.0341. The van der Waals surface area contributed by atoms with Gasteiger partial charge in [0.2, 0.25) is 0 Å². The number of aliphatic imine (C=N–C) groups is 1. The first-order valence-electron chi connectivity index (χ1n) is 9.32. The summed E-state index contributed by atoms with van der Waals surface area (Å²) < 4.78 is 3.43. The van der Waals surface area contributed by atoms with Crippen molar-refractivity contribution in [3.63, 3.8) is 0 Å². The summed E-state index contributed by atoms with van der Waals surface area (Å²) in [6, 6.07) is 2.16. The average molecular weight is 377 g/mol. The van der Waals surface area contributed by atoms with Crippen LogP contribution in [-0.2, 0) is 19.5 Å². The van der Waals surface area contributed by atoms with E-state index in [0.29, 0.717) is 12.5 Å². The maximum absolute atomic E-state index is 12.3. The minimum Gasteiger partial charge on any atom is -0.356 e. The molecule has 2 aromatic heterocycles. The number of aryl methyl sites for hydroxylation is 2. The zero-order chi connectivity index (χ0) is 18.4. The zero-order valence-corrected chi connectivity index (χ0v) is 16.4. The third-order valence-electron chi connectivity index (χ3n) is 4.78. The van der Waals surface area contributed by atoms with Crippen LogP contribution in [0.2, 0.25) is 0 Å². The molecule has 0 bridgehead atoms. The zero-order valence-electron chi connectivity index (χ0n) is 15.6. The van der Waals surface area contributed by atoms with E-state index in [4.69, 9.17) is 0 Å². The summed E-state index contributed by atoms with van der Waals surface area (Å²) in [7, 11) is 1.78. The molecule has 2 aromatic rings. The summed E-state index contributed by atoms with van der Waals surface area (Å²) in [5, 5.41) is 15.4. The van der Waals surface area contributed by atoms with E-state index >= 15 is 0 Å². The highest BCUT2D eigenvalue weighted by Crippen LogP contribution is 2.16. The molecule has 1 aliphatic heterocycles. The van der Waals surface area contributed by atoms with E-state index in [2.05, 4.69) is 44.5 Å². The molecular formula is C18H28N6OS. The molecule has 2 N–H and O–H groups in total. The highest BCUT2D eigenvalue weighted by atomic mass is 32.1. The van der Waals surface area contributed by atoms with E-state index in [0.717, 1.165) is 57.1 Å². The van der Waals surface area contributed by atoms with Crippen molar-refractivity contribution in [1.82, 2.24) is 25.0 Å². The minimum atomic E-state index is 0.0341. The first-order chi connectivity index (χ1) is 12.7. The van der Waals surface area contributed by atoms with Crippen LogP contribution in [0.4, 0.5) is 0 Å². The SMILES string of the molecule is CN=C(NCCCn1nc2n(c1=O)CCCC2)NCC(C)c1ccsc1. The lowest BCUT2D eigenvalue weighted by Gasteiger charge is -2.15. The molecule has 26 heavy (non-hydrogen) atoms. The summed E-state index contributed by atoms with van der Waals surface area (Å²) in [5.41, 5.74) is 1.38. The van der Waals surface area contributed by atoms with Crippen LogP contribution in [0.5, 0.6) is 0 Å². The van der Waals surface area contributed by atoms with Gasteiger partial charge in [0.15, 0.2) is 5.96 Å². The van der Waals surface area contributed by atoms with Gasteiger partial charge in [-0.1, -0.05) is 6.92 Å². The van der Waals surface area contributed by atoms with Crippen LogP contribution in [0, 0.1) is 0 Å². The Labute approximate surface area is 158 Å². The Morgan fingerprint density at radius 3 is 3.04 bits per heavy atom. The standard InChI is InChI=1S/C18H28N6OS/c1-14(15-7-11-26-13-15)12-21-17(19-2)20-8-5-10-24-18(25)23-9-4-3-6-16(23)22-24/h7,11,13-14H,3-6,8-10,12H2,1-2H3,(H2,19,20,21). The van der Waals surface area contributed by atoms with Gasteiger partial charge in [-0.25, -0.2) is 9.48 Å². The molecule has 8 heteroatoms. The van der Waals surface area contributed by atoms with Gasteiger partial charge in [0.05, 0.1) is 0 Å². The van der Waals surface area contributed by atoms with Crippen LogP contribution in [-0.4, -0.2) is 40.4 Å². The highest BCUT2D eigenvalue weighted by molar-refractivity contribution is 7.07. The lowest BCUT2D eigenvalue weighted by Crippen LogP contribution is -2.39. The Morgan fingerprint density at radius 2 is 2.31 bits per heavy atom. The van der Waals surface area contributed by atoms with Gasteiger partial charge >= 0.3 is 5.69 Å². The summed E-state index contributed by atoms with van der Waals surface area (Å²) in [6.07, 6.45) is 3.95. The molecule has 0 aromatic carbocycles. The van der Waals surface area contributed by atoms with Crippen LogP contribution in [0.25, 0.3) is 0 Å². The Morgan fingerprint density at radius 1 is 1.42 bits per heavy atom. The van der Waals surface area contributed by atoms with Crippen molar-refractivity contribution in [2.45, 2.75) is 51.6 Å². The maximum atomic E-state index is 12.3. The molecule has 142 valence electrons. The molecular weight excluding hydrogens is 348 g/mol. The first kappa shape index (κ1) is 18.7. The van der Waals surface area contributed by atoms with Gasteiger partial charge in [-0.15, -0.1) is 0 Å². The number of aromatic nitrogens is 3. The van der Waals surface area contributed by atoms with Gasteiger partial charge in [0, 0.05) is 39.6 Å². The normalized spacial score (nSPS) is 15.5. The Bertz CT molecular complexity index is 776. The third-order valence-corrected chi connectivity index (χ3v) is 5.48. The molecule has 0 amide bonds. The molecule has 1 atom stereocenters. The molecule has 7 nitrogen and oxygen atoms in total. The fraction of sp³-hybridized carbons (Fsp3) is 0.611. The van der Waals surface area contributed by atoms with Gasteiger partial charge in [-0.3, -0.25) is 9.56 Å². The molecule has 1 unspecified atom stereocenters. The second kappa shape index (κ2) is 9.02. The Kier molecular flexibility index (Phi) is 6.49. The summed E-state index contributed by atoms with van der Waals surface area (Å²) in [6.45, 7) is 5.24. The number of rotatable bonds is 7. The average Bonchev–Trinajstić information content (AvgIpc) is 3.30. The number of hydrogen-bond acceptors (Lipinski definition) is 4. The third kappa shape index (κ3) is 4.55. The van der Waals surface area contributed by atoms with Crippen LogP contribution < -0.4 is 16.3 Å². The quantitative estimate of drug-likeness (QED) is 0.439. The molecule has 0 aliphatic carbocycles. The second-order valence-corrected chi connectivity index (χ2v) is 7.50. The molecule has 0 spiro atoms. The monoisotopic (exact) mass is 376 g/mol. The van der Waals surface area contributed by atoms with Gasteiger partial charge in [0.1, 0.15) is 5.82 Å². The molecule has 0 fully saturated rings. The topological polar surface area (TPSA) is 76.2 Å². The largest absolute Gasteiger partial charge is 0.356 e. The molecule has 0 saturated heterocycles. The summed E-state index contributed by atoms with van der Waals surface area (Å²) >= 11 is 1.72. The van der Waals surface area contributed by atoms with Crippen LogP contribution in [0.1, 0.15) is 43.5 Å². The molecule has 0 saturated carbocycles. The molecule has 3 rings (SSSR count). The van der Waals surface area contributed by atoms with Gasteiger partial charge < -0.3 is 10.6 Å². The van der Waals surface area contributed by atoms with Crippen LogP contribution in [0.3, 0.4) is 0 Å². The Hall–Kier alpha value is -2.09. The number of thiophene rings is 1. The van der Waals surface area contributed by atoms with Crippen molar-refractivity contribution in [1.29, 1.82) is 0 Å². The van der Waals surface area contributed by atoms with E-state index in [9.17, 15) is 4.79 Å². The maximum Gasteiger partial charge on any atom is 0.345 e. The number of guanidine groups is 1. The Balaban J connectivity index is 1.41. The number of fused-ring (bicyclic) bond motifs is 1.